The van der Waals surface area contributed by atoms with E-state index in [1.54, 1.807) is 27.9 Å². The highest BCUT2D eigenvalue weighted by Gasteiger charge is 2.36. The second-order valence-corrected chi connectivity index (χ2v) is 15.1. The molecule has 8 aliphatic rings. The topological polar surface area (TPSA) is 0 Å². The van der Waals surface area contributed by atoms with Gasteiger partial charge in [-0.25, -0.2) is 0 Å². The largest absolute Gasteiger partial charge is 0.0842 e. The molecule has 0 spiro atoms. The van der Waals surface area contributed by atoms with E-state index in [9.17, 15) is 0 Å². The van der Waals surface area contributed by atoms with Crippen LogP contribution in [0, 0.1) is 23.7 Å². The van der Waals surface area contributed by atoms with E-state index in [1.165, 1.54) is 61.6 Å². The Labute approximate surface area is 296 Å². The third-order valence-corrected chi connectivity index (χ3v) is 12.5. The third kappa shape index (κ3) is 4.87. The van der Waals surface area contributed by atoms with Crippen molar-refractivity contribution in [1.82, 2.24) is 0 Å². The van der Waals surface area contributed by atoms with Crippen LogP contribution in [0.2, 0.25) is 0 Å². The van der Waals surface area contributed by atoms with Crippen LogP contribution in [0.25, 0.3) is 22.3 Å². The summed E-state index contributed by atoms with van der Waals surface area (Å²) >= 11 is 0. The van der Waals surface area contributed by atoms with Gasteiger partial charge in [0.15, 0.2) is 0 Å². The van der Waals surface area contributed by atoms with E-state index in [2.05, 4.69) is 146 Å². The normalized spacial score (nSPS) is 27.5. The lowest BCUT2D eigenvalue weighted by atomic mass is 9.66. The highest BCUT2D eigenvalue weighted by atomic mass is 14.4. The van der Waals surface area contributed by atoms with Crippen LogP contribution in [-0.2, 0) is 0 Å². The van der Waals surface area contributed by atoms with Crippen molar-refractivity contribution in [3.8, 4) is 0 Å². The van der Waals surface area contributed by atoms with Gasteiger partial charge in [0, 0.05) is 23.7 Å². The molecular formula is C50H44. The summed E-state index contributed by atoms with van der Waals surface area (Å²) in [5, 5.41) is 5.77. The van der Waals surface area contributed by atoms with Crippen LogP contribution in [0.15, 0.2) is 179 Å². The fraction of sp³-hybridized carbons (Fsp3) is 0.240. The fourth-order valence-electron chi connectivity index (χ4n) is 10.3. The minimum absolute atomic E-state index is 0.363. The molecule has 0 aromatic heterocycles. The van der Waals surface area contributed by atoms with Crippen LogP contribution in [0.4, 0.5) is 0 Å². The Morgan fingerprint density at radius 1 is 0.380 bits per heavy atom. The maximum Gasteiger partial charge on any atom is 0.0134 e. The molecule has 50 heavy (non-hydrogen) atoms. The Morgan fingerprint density at radius 2 is 0.840 bits per heavy atom. The molecule has 0 radical (unpaired) electrons. The number of hydrogen-bond donors (Lipinski definition) is 0. The summed E-state index contributed by atoms with van der Waals surface area (Å²) in [6.45, 7) is 0. The molecule has 2 aromatic carbocycles. The van der Waals surface area contributed by atoms with Crippen LogP contribution in [0.5, 0.6) is 0 Å². The van der Waals surface area contributed by atoms with Crippen LogP contribution in [0.1, 0.15) is 51.4 Å². The second kappa shape index (κ2) is 12.4. The van der Waals surface area contributed by atoms with Gasteiger partial charge in [-0.05, 0) is 128 Å². The van der Waals surface area contributed by atoms with E-state index >= 15 is 0 Å². The minimum atomic E-state index is 0.363. The molecule has 0 aliphatic heterocycles. The monoisotopic (exact) mass is 644 g/mol. The standard InChI is InChI=1S/C50H44/c1-2-15-34(16-3-1)47-39-18-6-8-20-41(39)48(42-21-9-7-19-40(42)47)35-27-29-36(30-28-35)49-43-22-10-12-24-45(43)50(46-25-13-11-23-44(46)49)38-31-26-33-14-4-5-17-37(33)32-38/h1-2,4,6-15,18-25,27,29,32,39,41,43,45H,3,5,16-17,26,28,30-31H2. The smallest absolute Gasteiger partial charge is 0.0134 e. The lowest BCUT2D eigenvalue weighted by molar-refractivity contribution is 0.665. The van der Waals surface area contributed by atoms with Gasteiger partial charge in [0.25, 0.3) is 0 Å². The third-order valence-electron chi connectivity index (χ3n) is 12.5. The van der Waals surface area contributed by atoms with Gasteiger partial charge in [0.1, 0.15) is 0 Å². The maximum absolute atomic E-state index is 2.57. The van der Waals surface area contributed by atoms with Gasteiger partial charge in [-0.2, -0.15) is 0 Å². The Balaban J connectivity index is 1.14. The average Bonchev–Trinajstić information content (AvgIpc) is 3.19. The van der Waals surface area contributed by atoms with Crippen molar-refractivity contribution >= 4 is 22.3 Å². The van der Waals surface area contributed by atoms with Crippen LogP contribution >= 0.6 is 0 Å². The average molecular weight is 645 g/mol. The van der Waals surface area contributed by atoms with Crippen molar-refractivity contribution in [3.63, 3.8) is 0 Å². The van der Waals surface area contributed by atoms with E-state index in [4.69, 9.17) is 0 Å². The molecule has 244 valence electrons. The molecule has 0 N–H and O–H groups in total. The first kappa shape index (κ1) is 29.9. The molecule has 4 unspecified atom stereocenters. The Kier molecular flexibility index (Phi) is 7.44. The first-order valence-electron chi connectivity index (χ1n) is 19.1. The van der Waals surface area contributed by atoms with Crippen molar-refractivity contribution in [3.05, 3.63) is 200 Å². The highest BCUT2D eigenvalue weighted by Crippen LogP contribution is 2.47. The molecule has 0 nitrogen and oxygen atoms in total. The molecule has 4 atom stereocenters. The lowest BCUT2D eigenvalue weighted by Gasteiger charge is -2.37. The van der Waals surface area contributed by atoms with Gasteiger partial charge < -0.3 is 0 Å². The van der Waals surface area contributed by atoms with E-state index in [1.807, 2.05) is 0 Å². The van der Waals surface area contributed by atoms with Gasteiger partial charge in [0.05, 0.1) is 0 Å². The van der Waals surface area contributed by atoms with Crippen molar-refractivity contribution in [1.29, 1.82) is 0 Å². The predicted molar refractivity (Wildman–Crippen MR) is 210 cm³/mol. The molecule has 8 aliphatic carbocycles. The zero-order chi connectivity index (χ0) is 33.0. The summed E-state index contributed by atoms with van der Waals surface area (Å²) < 4.78 is 0. The minimum Gasteiger partial charge on any atom is -0.0842 e. The van der Waals surface area contributed by atoms with Gasteiger partial charge in [-0.3, -0.25) is 0 Å². The summed E-state index contributed by atoms with van der Waals surface area (Å²) in [4.78, 5) is 0. The quantitative estimate of drug-likeness (QED) is 0.312. The molecule has 0 heterocycles. The number of allylic oxidation sites excluding steroid dienone is 22. The van der Waals surface area contributed by atoms with Crippen LogP contribution < -0.4 is 20.9 Å². The number of rotatable bonds is 4. The van der Waals surface area contributed by atoms with Crippen LogP contribution in [-0.4, -0.2) is 0 Å². The zero-order valence-electron chi connectivity index (χ0n) is 28.8. The lowest BCUT2D eigenvalue weighted by Crippen LogP contribution is -2.41. The molecule has 0 saturated carbocycles. The van der Waals surface area contributed by atoms with Gasteiger partial charge in [-0.1, -0.05) is 146 Å². The van der Waals surface area contributed by atoms with Crippen molar-refractivity contribution in [2.24, 2.45) is 23.7 Å². The van der Waals surface area contributed by atoms with E-state index in [0.29, 0.717) is 23.7 Å². The maximum atomic E-state index is 2.57. The highest BCUT2D eigenvalue weighted by molar-refractivity contribution is 5.84. The Hall–Kier alpha value is -4.94. The molecule has 0 bridgehead atoms. The SMILES string of the molecule is C1=CCCC(C2=c3ccccc3=C(C3=CC=C(C4=c5ccccc5=C(C5=CC6=C(C=CCC6)CC5)C5C=CC=CC45)CC3)C3C=CC=CC23)=C1. The van der Waals surface area contributed by atoms with Gasteiger partial charge >= 0.3 is 0 Å². The van der Waals surface area contributed by atoms with Crippen molar-refractivity contribution in [2.45, 2.75) is 51.4 Å². The Morgan fingerprint density at radius 3 is 1.32 bits per heavy atom. The summed E-state index contributed by atoms with van der Waals surface area (Å²) in [5.41, 5.74) is 15.4. The number of fused-ring (bicyclic) bond motifs is 4. The first-order valence-corrected chi connectivity index (χ1v) is 19.1. The summed E-state index contributed by atoms with van der Waals surface area (Å²) in [7, 11) is 0. The molecule has 0 saturated heterocycles. The molecule has 10 rings (SSSR count). The molecule has 2 aromatic rings. The molecule has 0 fully saturated rings. The summed E-state index contributed by atoms with van der Waals surface area (Å²) in [6, 6.07) is 18.6. The van der Waals surface area contributed by atoms with Crippen LogP contribution in [0.3, 0.4) is 0 Å². The number of benzene rings is 2. The molecule has 0 amide bonds. The molecule has 0 heteroatoms. The first-order chi connectivity index (χ1) is 24.8. The van der Waals surface area contributed by atoms with Crippen molar-refractivity contribution < 1.29 is 0 Å². The van der Waals surface area contributed by atoms with Gasteiger partial charge in [-0.15, -0.1) is 0 Å². The van der Waals surface area contributed by atoms with Gasteiger partial charge in [0.2, 0.25) is 0 Å². The number of hydrogen-bond acceptors (Lipinski definition) is 0. The van der Waals surface area contributed by atoms with E-state index in [0.717, 1.165) is 38.5 Å². The van der Waals surface area contributed by atoms with E-state index in [-0.39, 0.29) is 0 Å². The van der Waals surface area contributed by atoms with E-state index < -0.39 is 0 Å². The second-order valence-electron chi connectivity index (χ2n) is 15.1. The Bertz CT molecular complexity index is 2430. The zero-order valence-corrected chi connectivity index (χ0v) is 28.8. The summed E-state index contributed by atoms with van der Waals surface area (Å²) in [5.74, 6) is 1.49. The van der Waals surface area contributed by atoms with Crippen molar-refractivity contribution in [2.75, 3.05) is 0 Å². The predicted octanol–water partition coefficient (Wildman–Crippen LogP) is 9.02. The summed E-state index contributed by atoms with van der Waals surface area (Å²) in [6.07, 6.45) is 47.4. The molecular weight excluding hydrogens is 601 g/mol. The fourth-order valence-corrected chi connectivity index (χ4v) is 10.3.